The van der Waals surface area contributed by atoms with Crippen LogP contribution in [-0.4, -0.2) is 35.1 Å². The van der Waals surface area contributed by atoms with Crippen LogP contribution in [0, 0.1) is 5.41 Å². The maximum absolute atomic E-state index is 12.9. The Morgan fingerprint density at radius 3 is 2.36 bits per heavy atom. The van der Waals surface area contributed by atoms with Crippen molar-refractivity contribution >= 4 is 48.2 Å². The molecule has 4 rings (SSSR count). The van der Waals surface area contributed by atoms with Crippen molar-refractivity contribution in [3.63, 3.8) is 0 Å². The van der Waals surface area contributed by atoms with Crippen LogP contribution in [-0.2, 0) is 24.3 Å². The van der Waals surface area contributed by atoms with Gasteiger partial charge in [0.25, 0.3) is 5.91 Å². The standard InChI is InChI=1S/C27H29N5O2.2ClH/c1-18-27(34)32(14-13-19-5-3-2-4-6-19)17-23-12-11-22(15-24(23)31-18)26(33)30-16-20-7-9-21(10-8-20)25(28)29;;/h2-12,15,18,31H,13-14,16-17H2,1H3,(H3,28,29)(H,30,33);2*1H/t18-;;/m0../s1. The van der Waals surface area contributed by atoms with Crippen LogP contribution in [0.15, 0.2) is 72.8 Å². The van der Waals surface area contributed by atoms with Crippen molar-refractivity contribution in [3.8, 4) is 0 Å². The van der Waals surface area contributed by atoms with Gasteiger partial charge in [-0.05, 0) is 42.2 Å². The summed E-state index contributed by atoms with van der Waals surface area (Å²) in [5.41, 5.74) is 10.6. The Bertz CT molecular complexity index is 1200. The molecule has 1 aliphatic rings. The fraction of sp³-hybridized carbons (Fsp3) is 0.222. The van der Waals surface area contributed by atoms with Crippen molar-refractivity contribution < 1.29 is 9.59 Å². The minimum absolute atomic E-state index is 0. The lowest BCUT2D eigenvalue weighted by atomic mass is 10.1. The average Bonchev–Trinajstić information content (AvgIpc) is 2.97. The number of nitrogens with one attached hydrogen (secondary N) is 3. The van der Waals surface area contributed by atoms with Gasteiger partial charge >= 0.3 is 0 Å². The van der Waals surface area contributed by atoms with Gasteiger partial charge in [0.05, 0.1) is 0 Å². The van der Waals surface area contributed by atoms with Gasteiger partial charge in [-0.15, -0.1) is 24.8 Å². The number of rotatable bonds is 7. The predicted molar refractivity (Wildman–Crippen MR) is 148 cm³/mol. The minimum atomic E-state index is -0.380. The van der Waals surface area contributed by atoms with Crippen molar-refractivity contribution in [1.82, 2.24) is 10.2 Å². The molecule has 0 aromatic heterocycles. The van der Waals surface area contributed by atoms with Gasteiger partial charge in [-0.25, -0.2) is 0 Å². The number of nitrogens with zero attached hydrogens (tertiary/aromatic N) is 1. The fourth-order valence-electron chi connectivity index (χ4n) is 4.03. The van der Waals surface area contributed by atoms with Gasteiger partial charge < -0.3 is 21.3 Å². The smallest absolute Gasteiger partial charge is 0.251 e. The highest BCUT2D eigenvalue weighted by atomic mass is 35.5. The third-order valence-electron chi connectivity index (χ3n) is 6.02. The number of hydrogen-bond donors (Lipinski definition) is 4. The third-order valence-corrected chi connectivity index (χ3v) is 6.02. The molecule has 3 aromatic rings. The number of carbonyl (C=O) groups excluding carboxylic acids is 2. The lowest BCUT2D eigenvalue weighted by Crippen LogP contribution is -2.39. The largest absolute Gasteiger partial charge is 0.384 e. The van der Waals surface area contributed by atoms with Crippen LogP contribution < -0.4 is 16.4 Å². The molecule has 1 aliphatic heterocycles. The second kappa shape index (κ2) is 13.0. The topological polar surface area (TPSA) is 111 Å². The molecule has 0 aliphatic carbocycles. The molecule has 0 spiro atoms. The third kappa shape index (κ3) is 6.99. The molecule has 3 aromatic carbocycles. The molecule has 5 N–H and O–H groups in total. The molecule has 36 heavy (non-hydrogen) atoms. The number of anilines is 1. The first-order valence-corrected chi connectivity index (χ1v) is 11.3. The molecule has 7 nitrogen and oxygen atoms in total. The maximum atomic E-state index is 12.9. The van der Waals surface area contributed by atoms with Gasteiger partial charge in [0.2, 0.25) is 5.91 Å². The van der Waals surface area contributed by atoms with Crippen LogP contribution in [0.2, 0.25) is 0 Å². The summed E-state index contributed by atoms with van der Waals surface area (Å²) in [6, 6.07) is 22.5. The molecule has 0 radical (unpaired) electrons. The van der Waals surface area contributed by atoms with E-state index in [1.54, 1.807) is 18.2 Å². The zero-order valence-corrected chi connectivity index (χ0v) is 21.6. The molecule has 1 heterocycles. The van der Waals surface area contributed by atoms with Crippen molar-refractivity contribution in [2.24, 2.45) is 5.73 Å². The van der Waals surface area contributed by atoms with Crippen LogP contribution >= 0.6 is 24.8 Å². The van der Waals surface area contributed by atoms with E-state index in [2.05, 4.69) is 22.8 Å². The fourth-order valence-corrected chi connectivity index (χ4v) is 4.03. The van der Waals surface area contributed by atoms with Crippen molar-refractivity contribution in [3.05, 3.63) is 101 Å². The highest BCUT2D eigenvalue weighted by Gasteiger charge is 2.26. The zero-order valence-electron chi connectivity index (χ0n) is 20.0. The van der Waals surface area contributed by atoms with Crippen molar-refractivity contribution in [2.45, 2.75) is 32.5 Å². The Kier molecular flexibility index (Phi) is 10.3. The van der Waals surface area contributed by atoms with E-state index < -0.39 is 0 Å². The average molecular weight is 528 g/mol. The Labute approximate surface area is 223 Å². The van der Waals surface area contributed by atoms with E-state index in [0.717, 1.165) is 23.2 Å². The highest BCUT2D eigenvalue weighted by molar-refractivity contribution is 5.96. The van der Waals surface area contributed by atoms with E-state index in [1.807, 2.05) is 54.3 Å². The molecular weight excluding hydrogens is 497 g/mol. The van der Waals surface area contributed by atoms with Gasteiger partial charge in [0.1, 0.15) is 11.9 Å². The van der Waals surface area contributed by atoms with Crippen molar-refractivity contribution in [2.75, 3.05) is 11.9 Å². The van der Waals surface area contributed by atoms with Crippen LogP contribution in [0.1, 0.15) is 39.5 Å². The lowest BCUT2D eigenvalue weighted by molar-refractivity contribution is -0.132. The van der Waals surface area contributed by atoms with Crippen molar-refractivity contribution in [1.29, 1.82) is 5.41 Å². The van der Waals surface area contributed by atoms with Crippen LogP contribution in [0.5, 0.6) is 0 Å². The maximum Gasteiger partial charge on any atom is 0.251 e. The molecule has 0 saturated carbocycles. The molecule has 0 saturated heterocycles. The Balaban J connectivity index is 0.00000228. The van der Waals surface area contributed by atoms with E-state index in [9.17, 15) is 9.59 Å². The number of hydrogen-bond acceptors (Lipinski definition) is 4. The second-order valence-electron chi connectivity index (χ2n) is 8.53. The number of amidine groups is 1. The molecule has 190 valence electrons. The van der Waals surface area contributed by atoms with E-state index in [-0.39, 0.29) is 48.5 Å². The summed E-state index contributed by atoms with van der Waals surface area (Å²) in [5, 5.41) is 13.7. The van der Waals surface area contributed by atoms with Crippen LogP contribution in [0.4, 0.5) is 5.69 Å². The number of nitrogen functional groups attached to an aromatic ring is 1. The van der Waals surface area contributed by atoms with E-state index in [0.29, 0.717) is 30.8 Å². The number of nitrogens with two attached hydrogens (primary N) is 1. The number of benzene rings is 3. The molecule has 1 atom stereocenters. The van der Waals surface area contributed by atoms with Crippen LogP contribution in [0.3, 0.4) is 0 Å². The summed E-state index contributed by atoms with van der Waals surface area (Å²) >= 11 is 0. The molecule has 0 unspecified atom stereocenters. The van der Waals surface area contributed by atoms with Gasteiger partial charge in [-0.3, -0.25) is 15.0 Å². The van der Waals surface area contributed by atoms with Gasteiger partial charge in [0, 0.05) is 36.4 Å². The predicted octanol–water partition coefficient (Wildman–Crippen LogP) is 4.13. The lowest BCUT2D eigenvalue weighted by Gasteiger charge is -2.23. The number of carbonyl (C=O) groups is 2. The summed E-state index contributed by atoms with van der Waals surface area (Å²) in [5.74, 6) is -0.129. The monoisotopic (exact) mass is 527 g/mol. The van der Waals surface area contributed by atoms with Gasteiger partial charge in [-0.2, -0.15) is 0 Å². The van der Waals surface area contributed by atoms with E-state index >= 15 is 0 Å². The van der Waals surface area contributed by atoms with Gasteiger partial charge in [-0.1, -0.05) is 60.7 Å². The number of fused-ring (bicyclic) bond motifs is 1. The first-order chi connectivity index (χ1) is 16.4. The Hall–Kier alpha value is -3.55. The first-order valence-electron chi connectivity index (χ1n) is 11.3. The minimum Gasteiger partial charge on any atom is -0.384 e. The molecule has 9 heteroatoms. The number of halogens is 2. The summed E-state index contributed by atoms with van der Waals surface area (Å²) in [4.78, 5) is 27.6. The summed E-state index contributed by atoms with van der Waals surface area (Å²) in [6.45, 7) is 3.36. The molecular formula is C27H31Cl2N5O2. The van der Waals surface area contributed by atoms with E-state index in [1.165, 1.54) is 5.56 Å². The van der Waals surface area contributed by atoms with E-state index in [4.69, 9.17) is 11.1 Å². The number of amides is 2. The summed E-state index contributed by atoms with van der Waals surface area (Å²) in [7, 11) is 0. The van der Waals surface area contributed by atoms with Gasteiger partial charge in [0.15, 0.2) is 0 Å². The quantitative estimate of drug-likeness (QED) is 0.273. The Morgan fingerprint density at radius 2 is 1.69 bits per heavy atom. The van der Waals surface area contributed by atoms with Crippen LogP contribution in [0.25, 0.3) is 0 Å². The summed E-state index contributed by atoms with van der Waals surface area (Å²) in [6.07, 6.45) is 0.794. The molecule has 2 amide bonds. The summed E-state index contributed by atoms with van der Waals surface area (Å²) < 4.78 is 0. The molecule has 0 fully saturated rings. The Morgan fingerprint density at radius 1 is 1.03 bits per heavy atom. The SMILES string of the molecule is C[C@@H]1Nc2cc(C(=O)NCc3ccc(C(=N)N)cc3)ccc2CN(CCc2ccccc2)C1=O.Cl.Cl. The highest BCUT2D eigenvalue weighted by Crippen LogP contribution is 2.25. The first kappa shape index (κ1) is 28.7. The molecule has 0 bridgehead atoms. The normalized spacial score (nSPS) is 14.3. The zero-order chi connectivity index (χ0) is 24.1. The second-order valence-corrected chi connectivity index (χ2v) is 8.53.